The minimum atomic E-state index is -0.121. The van der Waals surface area contributed by atoms with Crippen LogP contribution >= 0.6 is 11.6 Å². The number of halogens is 1. The van der Waals surface area contributed by atoms with E-state index in [9.17, 15) is 0 Å². The van der Waals surface area contributed by atoms with Gasteiger partial charge in [0.25, 0.3) is 0 Å². The molecule has 0 spiro atoms. The van der Waals surface area contributed by atoms with Gasteiger partial charge in [-0.2, -0.15) is 5.26 Å². The van der Waals surface area contributed by atoms with E-state index in [0.29, 0.717) is 23.7 Å². The first kappa shape index (κ1) is 13.8. The van der Waals surface area contributed by atoms with Crippen LogP contribution in [0.1, 0.15) is 26.3 Å². The first-order chi connectivity index (χ1) is 7.92. The molecule has 1 aromatic carbocycles. The van der Waals surface area contributed by atoms with Crippen LogP contribution in [0, 0.1) is 11.3 Å². The standard InChI is InChI=1S/C13H17ClN2O/c1-13(2,3)17-7-6-16-11-5-4-10(9-15)12(14)8-11/h4-5,8,16H,6-7H2,1-3H3. The minimum Gasteiger partial charge on any atom is -0.383 e. The smallest absolute Gasteiger partial charge is 0.101 e. The molecule has 0 aliphatic heterocycles. The van der Waals surface area contributed by atoms with Crippen molar-refractivity contribution in [2.24, 2.45) is 0 Å². The van der Waals surface area contributed by atoms with Crippen molar-refractivity contribution in [1.82, 2.24) is 0 Å². The van der Waals surface area contributed by atoms with Gasteiger partial charge in [-0.05, 0) is 39.0 Å². The highest BCUT2D eigenvalue weighted by Crippen LogP contribution is 2.20. The molecule has 4 heteroatoms. The Morgan fingerprint density at radius 1 is 1.41 bits per heavy atom. The molecule has 3 nitrogen and oxygen atoms in total. The fraction of sp³-hybridized carbons (Fsp3) is 0.462. The zero-order valence-electron chi connectivity index (χ0n) is 10.4. The molecule has 0 aliphatic rings. The Balaban J connectivity index is 2.43. The Morgan fingerprint density at radius 3 is 2.65 bits per heavy atom. The Labute approximate surface area is 107 Å². The normalized spacial score (nSPS) is 11.0. The van der Waals surface area contributed by atoms with Gasteiger partial charge in [-0.3, -0.25) is 0 Å². The number of anilines is 1. The van der Waals surface area contributed by atoms with Crippen molar-refractivity contribution in [2.45, 2.75) is 26.4 Å². The van der Waals surface area contributed by atoms with Crippen LogP contribution < -0.4 is 5.32 Å². The summed E-state index contributed by atoms with van der Waals surface area (Å²) in [5.41, 5.74) is 1.26. The minimum absolute atomic E-state index is 0.121. The van der Waals surface area contributed by atoms with Gasteiger partial charge >= 0.3 is 0 Å². The SMILES string of the molecule is CC(C)(C)OCCNc1ccc(C#N)c(Cl)c1. The van der Waals surface area contributed by atoms with E-state index in [1.165, 1.54) is 0 Å². The molecule has 1 aromatic rings. The summed E-state index contributed by atoms with van der Waals surface area (Å²) in [6.45, 7) is 7.39. The van der Waals surface area contributed by atoms with Gasteiger partial charge in [-0.1, -0.05) is 11.6 Å². The third-order valence-corrected chi connectivity index (χ3v) is 2.37. The van der Waals surface area contributed by atoms with Gasteiger partial charge in [0, 0.05) is 12.2 Å². The van der Waals surface area contributed by atoms with Crippen LogP contribution in [0.25, 0.3) is 0 Å². The van der Waals surface area contributed by atoms with Crippen molar-refractivity contribution in [3.05, 3.63) is 28.8 Å². The van der Waals surface area contributed by atoms with Crippen molar-refractivity contribution >= 4 is 17.3 Å². The summed E-state index contributed by atoms with van der Waals surface area (Å²) in [7, 11) is 0. The molecule has 0 heterocycles. The van der Waals surface area contributed by atoms with E-state index < -0.39 is 0 Å². The molecule has 1 rings (SSSR count). The zero-order valence-corrected chi connectivity index (χ0v) is 11.1. The van der Waals surface area contributed by atoms with Gasteiger partial charge < -0.3 is 10.1 Å². The van der Waals surface area contributed by atoms with Gasteiger partial charge in [0.1, 0.15) is 6.07 Å². The number of hydrogen-bond acceptors (Lipinski definition) is 3. The van der Waals surface area contributed by atoms with E-state index in [1.54, 1.807) is 12.1 Å². The predicted molar refractivity (Wildman–Crippen MR) is 70.4 cm³/mol. The second kappa shape index (κ2) is 5.90. The molecule has 92 valence electrons. The molecule has 17 heavy (non-hydrogen) atoms. The Kier molecular flexibility index (Phi) is 4.80. The van der Waals surface area contributed by atoms with Crippen LogP contribution in [0.2, 0.25) is 5.02 Å². The van der Waals surface area contributed by atoms with Crippen LogP contribution in [0.15, 0.2) is 18.2 Å². The fourth-order valence-electron chi connectivity index (χ4n) is 1.27. The number of ether oxygens (including phenoxy) is 1. The maximum absolute atomic E-state index is 8.74. The molecule has 0 radical (unpaired) electrons. The van der Waals surface area contributed by atoms with Crippen LogP contribution in [0.3, 0.4) is 0 Å². The van der Waals surface area contributed by atoms with Gasteiger partial charge in [0.2, 0.25) is 0 Å². The lowest BCUT2D eigenvalue weighted by molar-refractivity contribution is 0.00333. The summed E-state index contributed by atoms with van der Waals surface area (Å²) in [5, 5.41) is 12.4. The number of hydrogen-bond donors (Lipinski definition) is 1. The third kappa shape index (κ3) is 5.08. The van der Waals surface area contributed by atoms with Gasteiger partial charge in [0.15, 0.2) is 0 Å². The molecule has 0 atom stereocenters. The number of nitriles is 1. The molecular formula is C13H17ClN2O. The highest BCUT2D eigenvalue weighted by molar-refractivity contribution is 6.32. The molecule has 0 amide bonds. The van der Waals surface area contributed by atoms with Gasteiger partial charge in [0.05, 0.1) is 22.8 Å². The van der Waals surface area contributed by atoms with E-state index in [2.05, 4.69) is 5.32 Å². The lowest BCUT2D eigenvalue weighted by Crippen LogP contribution is -2.23. The number of rotatable bonds is 4. The maximum Gasteiger partial charge on any atom is 0.101 e. The maximum atomic E-state index is 8.74. The topological polar surface area (TPSA) is 45.0 Å². The van der Waals surface area contributed by atoms with Crippen molar-refractivity contribution in [1.29, 1.82) is 5.26 Å². The summed E-state index contributed by atoms with van der Waals surface area (Å²) < 4.78 is 5.58. The quantitative estimate of drug-likeness (QED) is 0.835. The fourth-order valence-corrected chi connectivity index (χ4v) is 1.49. The molecule has 0 fully saturated rings. The molecule has 1 N–H and O–H groups in total. The van der Waals surface area contributed by atoms with E-state index in [0.717, 1.165) is 5.69 Å². The lowest BCUT2D eigenvalue weighted by atomic mass is 10.2. The Bertz CT molecular complexity index is 418. The van der Waals surface area contributed by atoms with Gasteiger partial charge in [-0.25, -0.2) is 0 Å². The summed E-state index contributed by atoms with van der Waals surface area (Å²) >= 11 is 5.92. The van der Waals surface area contributed by atoms with Crippen molar-refractivity contribution in [3.63, 3.8) is 0 Å². The first-order valence-electron chi connectivity index (χ1n) is 5.50. The summed E-state index contributed by atoms with van der Waals surface area (Å²) in [6.07, 6.45) is 0. The molecule has 0 bridgehead atoms. The third-order valence-electron chi connectivity index (χ3n) is 2.06. The number of nitrogens with one attached hydrogen (secondary N) is 1. The van der Waals surface area contributed by atoms with Crippen LogP contribution in [0.4, 0.5) is 5.69 Å². The van der Waals surface area contributed by atoms with E-state index in [4.69, 9.17) is 21.6 Å². The first-order valence-corrected chi connectivity index (χ1v) is 5.87. The van der Waals surface area contributed by atoms with Crippen LogP contribution in [-0.2, 0) is 4.74 Å². The molecule has 0 aliphatic carbocycles. The average molecular weight is 253 g/mol. The van der Waals surface area contributed by atoms with Crippen molar-refractivity contribution in [2.75, 3.05) is 18.5 Å². The number of benzene rings is 1. The molecule has 0 unspecified atom stereocenters. The summed E-state index contributed by atoms with van der Waals surface area (Å²) in [6, 6.07) is 7.31. The molecule has 0 saturated heterocycles. The lowest BCUT2D eigenvalue weighted by Gasteiger charge is -2.19. The monoisotopic (exact) mass is 252 g/mol. The summed E-state index contributed by atoms with van der Waals surface area (Å²) in [4.78, 5) is 0. The van der Waals surface area contributed by atoms with E-state index in [-0.39, 0.29) is 5.60 Å². The van der Waals surface area contributed by atoms with E-state index in [1.807, 2.05) is 32.9 Å². The molecule has 0 saturated carbocycles. The van der Waals surface area contributed by atoms with E-state index >= 15 is 0 Å². The second-order valence-corrected chi connectivity index (χ2v) is 5.10. The molecular weight excluding hydrogens is 236 g/mol. The van der Waals surface area contributed by atoms with Crippen molar-refractivity contribution in [3.8, 4) is 6.07 Å². The van der Waals surface area contributed by atoms with Crippen LogP contribution in [-0.4, -0.2) is 18.8 Å². The number of nitrogens with zero attached hydrogens (tertiary/aromatic N) is 1. The van der Waals surface area contributed by atoms with Gasteiger partial charge in [-0.15, -0.1) is 0 Å². The Morgan fingerprint density at radius 2 is 2.12 bits per heavy atom. The zero-order chi connectivity index (χ0) is 12.9. The average Bonchev–Trinajstić information content (AvgIpc) is 2.23. The highest BCUT2D eigenvalue weighted by atomic mass is 35.5. The Hall–Kier alpha value is -1.24. The summed E-state index contributed by atoms with van der Waals surface area (Å²) in [5.74, 6) is 0. The van der Waals surface area contributed by atoms with Crippen LogP contribution in [0.5, 0.6) is 0 Å². The predicted octanol–water partition coefficient (Wildman–Crippen LogP) is 3.44. The van der Waals surface area contributed by atoms with Crippen molar-refractivity contribution < 1.29 is 4.74 Å². The largest absolute Gasteiger partial charge is 0.383 e. The highest BCUT2D eigenvalue weighted by Gasteiger charge is 2.08. The second-order valence-electron chi connectivity index (χ2n) is 4.69. The molecule has 0 aromatic heterocycles.